The monoisotopic (exact) mass is 399 g/mol. The Balaban J connectivity index is 1.78. The predicted octanol–water partition coefficient (Wildman–Crippen LogP) is 4.83. The molecule has 5 nitrogen and oxygen atoms in total. The highest BCUT2D eigenvalue weighted by molar-refractivity contribution is 7.17. The number of benzene rings is 2. The van der Waals surface area contributed by atoms with Gasteiger partial charge in [-0.2, -0.15) is 0 Å². The molecule has 7 heteroatoms. The summed E-state index contributed by atoms with van der Waals surface area (Å²) in [7, 11) is 1.51. The molecule has 0 N–H and O–H groups in total. The van der Waals surface area contributed by atoms with Crippen molar-refractivity contribution in [2.75, 3.05) is 7.11 Å². The summed E-state index contributed by atoms with van der Waals surface area (Å²) < 4.78 is 23.8. The molecule has 0 bridgehead atoms. The van der Waals surface area contributed by atoms with Crippen molar-refractivity contribution in [2.45, 2.75) is 20.5 Å². The van der Waals surface area contributed by atoms with Crippen molar-refractivity contribution in [3.8, 4) is 16.3 Å². The lowest BCUT2D eigenvalue weighted by molar-refractivity contribution is 0.0475. The quantitative estimate of drug-likeness (QED) is 0.439. The van der Waals surface area contributed by atoms with Gasteiger partial charge in [0, 0.05) is 16.7 Å². The number of halogens is 1. The van der Waals surface area contributed by atoms with Gasteiger partial charge in [0.2, 0.25) is 0 Å². The van der Waals surface area contributed by atoms with E-state index in [9.17, 15) is 14.0 Å². The molecule has 2 aromatic carbocycles. The molecule has 0 saturated carbocycles. The summed E-state index contributed by atoms with van der Waals surface area (Å²) in [6, 6.07) is 10.9. The van der Waals surface area contributed by atoms with Crippen molar-refractivity contribution in [1.29, 1.82) is 0 Å². The number of esters is 1. The van der Waals surface area contributed by atoms with E-state index in [1.54, 1.807) is 37.3 Å². The molecule has 1 heterocycles. The van der Waals surface area contributed by atoms with E-state index < -0.39 is 5.97 Å². The summed E-state index contributed by atoms with van der Waals surface area (Å²) in [5.41, 5.74) is 2.38. The van der Waals surface area contributed by atoms with E-state index in [1.165, 1.54) is 37.5 Å². The van der Waals surface area contributed by atoms with E-state index in [2.05, 4.69) is 4.98 Å². The average Bonchev–Trinajstić information content (AvgIpc) is 3.08. The number of nitrogens with zero attached hydrogens (tertiary/aromatic N) is 1. The zero-order chi connectivity index (χ0) is 20.3. The highest BCUT2D eigenvalue weighted by Gasteiger charge is 2.19. The second-order valence-corrected chi connectivity index (χ2v) is 7.10. The summed E-state index contributed by atoms with van der Waals surface area (Å²) >= 11 is 1.19. The van der Waals surface area contributed by atoms with Crippen LogP contribution in [0.25, 0.3) is 10.6 Å². The third-order valence-electron chi connectivity index (χ3n) is 4.12. The topological polar surface area (TPSA) is 65.5 Å². The smallest absolute Gasteiger partial charge is 0.350 e. The number of aromatic nitrogens is 1. The molecule has 0 aliphatic rings. The Kier molecular flexibility index (Phi) is 5.84. The van der Waals surface area contributed by atoms with Gasteiger partial charge in [-0.25, -0.2) is 14.2 Å². The Morgan fingerprint density at radius 2 is 1.86 bits per heavy atom. The fraction of sp³-hybridized carbons (Fsp3) is 0.190. The van der Waals surface area contributed by atoms with Crippen LogP contribution >= 0.6 is 11.3 Å². The molecule has 1 aromatic heterocycles. The van der Waals surface area contributed by atoms with Crippen molar-refractivity contribution in [3.63, 3.8) is 0 Å². The van der Waals surface area contributed by atoms with Crippen molar-refractivity contribution >= 4 is 23.1 Å². The molecular formula is C21H18FNO4S. The zero-order valence-corrected chi connectivity index (χ0v) is 16.4. The van der Waals surface area contributed by atoms with Crippen LogP contribution in [-0.2, 0) is 11.3 Å². The maximum atomic E-state index is 13.1. The molecule has 28 heavy (non-hydrogen) atoms. The van der Waals surface area contributed by atoms with Gasteiger partial charge in [-0.3, -0.25) is 4.79 Å². The summed E-state index contributed by atoms with van der Waals surface area (Å²) in [6.07, 6.45) is 0. The molecule has 0 atom stereocenters. The van der Waals surface area contributed by atoms with Gasteiger partial charge < -0.3 is 9.47 Å². The third kappa shape index (κ3) is 4.26. The fourth-order valence-corrected chi connectivity index (χ4v) is 3.59. The Hall–Kier alpha value is -3.06. The SMILES string of the molecule is COc1ccc(C(C)=O)cc1COC(=O)c1sc(-c2ccc(F)cc2)nc1C. The highest BCUT2D eigenvalue weighted by Crippen LogP contribution is 2.29. The first-order valence-corrected chi connectivity index (χ1v) is 9.29. The van der Waals surface area contributed by atoms with Gasteiger partial charge in [-0.05, 0) is 56.3 Å². The summed E-state index contributed by atoms with van der Waals surface area (Å²) in [4.78, 5) is 28.9. The molecule has 144 valence electrons. The average molecular weight is 399 g/mol. The van der Waals surface area contributed by atoms with Crippen molar-refractivity contribution in [2.24, 2.45) is 0 Å². The number of thiazole rings is 1. The maximum Gasteiger partial charge on any atom is 0.350 e. The zero-order valence-electron chi connectivity index (χ0n) is 15.6. The Bertz CT molecular complexity index is 1030. The Morgan fingerprint density at radius 1 is 1.14 bits per heavy atom. The number of Topliss-reactive ketones (excluding diaryl/α,β-unsaturated/α-hetero) is 1. The van der Waals surface area contributed by atoms with Crippen LogP contribution in [0, 0.1) is 12.7 Å². The van der Waals surface area contributed by atoms with E-state index in [0.29, 0.717) is 32.5 Å². The highest BCUT2D eigenvalue weighted by atomic mass is 32.1. The molecule has 0 spiro atoms. The van der Waals surface area contributed by atoms with Crippen molar-refractivity contribution < 1.29 is 23.5 Å². The number of hydrogen-bond donors (Lipinski definition) is 0. The van der Waals surface area contributed by atoms with Crippen molar-refractivity contribution in [1.82, 2.24) is 4.98 Å². The number of rotatable bonds is 6. The molecule has 3 aromatic rings. The molecular weight excluding hydrogens is 381 g/mol. The number of carbonyl (C=O) groups excluding carboxylic acids is 2. The molecule has 0 amide bonds. The van der Waals surface area contributed by atoms with Gasteiger partial charge >= 0.3 is 5.97 Å². The number of methoxy groups -OCH3 is 1. The lowest BCUT2D eigenvalue weighted by Crippen LogP contribution is -2.06. The lowest BCUT2D eigenvalue weighted by Gasteiger charge is -2.10. The summed E-state index contributed by atoms with van der Waals surface area (Å²) in [5, 5.41) is 0.612. The minimum Gasteiger partial charge on any atom is -0.496 e. The van der Waals surface area contributed by atoms with Crippen LogP contribution < -0.4 is 4.74 Å². The molecule has 0 saturated heterocycles. The third-order valence-corrected chi connectivity index (χ3v) is 5.31. The van der Waals surface area contributed by atoms with Crippen LogP contribution in [0.3, 0.4) is 0 Å². The van der Waals surface area contributed by atoms with Gasteiger partial charge in [-0.1, -0.05) is 0 Å². The van der Waals surface area contributed by atoms with Crippen LogP contribution in [0.1, 0.15) is 38.2 Å². The number of ether oxygens (including phenoxy) is 2. The first-order chi connectivity index (χ1) is 13.4. The van der Waals surface area contributed by atoms with Crippen LogP contribution in [-0.4, -0.2) is 23.8 Å². The maximum absolute atomic E-state index is 13.1. The lowest BCUT2D eigenvalue weighted by atomic mass is 10.1. The first-order valence-electron chi connectivity index (χ1n) is 8.47. The first kappa shape index (κ1) is 19.7. The number of ketones is 1. The van der Waals surface area contributed by atoms with Gasteiger partial charge in [0.1, 0.15) is 28.1 Å². The van der Waals surface area contributed by atoms with Gasteiger partial charge in [0.15, 0.2) is 5.78 Å². The van der Waals surface area contributed by atoms with Gasteiger partial charge in [-0.15, -0.1) is 11.3 Å². The van der Waals surface area contributed by atoms with Gasteiger partial charge in [0.25, 0.3) is 0 Å². The van der Waals surface area contributed by atoms with E-state index in [4.69, 9.17) is 9.47 Å². The number of aryl methyl sites for hydroxylation is 1. The molecule has 0 radical (unpaired) electrons. The predicted molar refractivity (Wildman–Crippen MR) is 104 cm³/mol. The minimum absolute atomic E-state index is 0.0354. The second kappa shape index (κ2) is 8.31. The Morgan fingerprint density at radius 3 is 2.50 bits per heavy atom. The molecule has 0 fully saturated rings. The number of carbonyl (C=O) groups is 2. The van der Waals surface area contributed by atoms with E-state index in [1.807, 2.05) is 0 Å². The van der Waals surface area contributed by atoms with Gasteiger partial charge in [0.05, 0.1) is 12.8 Å². The standard InChI is InChI=1S/C21H18FNO4S/c1-12-19(28-20(23-12)14-4-7-17(22)8-5-14)21(25)27-11-16-10-15(13(2)24)6-9-18(16)26-3/h4-10H,11H2,1-3H3. The second-order valence-electron chi connectivity index (χ2n) is 6.10. The molecule has 3 rings (SSSR count). The minimum atomic E-state index is -0.515. The van der Waals surface area contributed by atoms with Crippen LogP contribution in [0.15, 0.2) is 42.5 Å². The number of hydrogen-bond acceptors (Lipinski definition) is 6. The van der Waals surface area contributed by atoms with Crippen LogP contribution in [0.5, 0.6) is 5.75 Å². The summed E-state index contributed by atoms with van der Waals surface area (Å²) in [5.74, 6) is -0.402. The molecule has 0 aliphatic heterocycles. The van der Waals surface area contributed by atoms with E-state index >= 15 is 0 Å². The summed E-state index contributed by atoms with van der Waals surface area (Å²) in [6.45, 7) is 3.15. The van der Waals surface area contributed by atoms with Crippen LogP contribution in [0.2, 0.25) is 0 Å². The van der Waals surface area contributed by atoms with E-state index in [0.717, 1.165) is 5.56 Å². The largest absolute Gasteiger partial charge is 0.496 e. The normalized spacial score (nSPS) is 10.6. The van der Waals surface area contributed by atoms with Crippen LogP contribution in [0.4, 0.5) is 4.39 Å². The molecule has 0 aliphatic carbocycles. The van der Waals surface area contributed by atoms with E-state index in [-0.39, 0.29) is 18.2 Å². The van der Waals surface area contributed by atoms with Crippen molar-refractivity contribution in [3.05, 3.63) is 70.0 Å². The fourth-order valence-electron chi connectivity index (χ4n) is 2.62. The Labute approximate surface area is 165 Å². The molecule has 0 unspecified atom stereocenters.